The molecule has 0 aliphatic carbocycles. The normalized spacial score (nSPS) is 10.3. The lowest BCUT2D eigenvalue weighted by Gasteiger charge is -2.10. The van der Waals surface area contributed by atoms with Gasteiger partial charge >= 0.3 is 5.97 Å². The van der Waals surface area contributed by atoms with Crippen molar-refractivity contribution in [3.05, 3.63) is 63.7 Å². The highest BCUT2D eigenvalue weighted by atomic mass is 32.1. The van der Waals surface area contributed by atoms with E-state index in [0.717, 1.165) is 6.07 Å². The number of nitrogens with one attached hydrogen (secondary N) is 1. The summed E-state index contributed by atoms with van der Waals surface area (Å²) in [6.07, 6.45) is 1.45. The maximum atomic E-state index is 12.2. The molecule has 0 spiro atoms. The number of nitro groups is 1. The molecule has 2 aromatic rings. The minimum atomic E-state index is -0.747. The molecular formula is C16H14N4O5S. The van der Waals surface area contributed by atoms with E-state index in [-0.39, 0.29) is 27.9 Å². The molecule has 0 aliphatic heterocycles. The molecular weight excluding hydrogens is 360 g/mol. The Morgan fingerprint density at radius 3 is 2.73 bits per heavy atom. The third kappa shape index (κ3) is 4.98. The van der Waals surface area contributed by atoms with Crippen LogP contribution in [0.15, 0.2) is 47.6 Å². The van der Waals surface area contributed by atoms with Gasteiger partial charge in [-0.3, -0.25) is 15.5 Å². The van der Waals surface area contributed by atoms with Gasteiger partial charge in [-0.1, -0.05) is 6.07 Å². The molecule has 0 aliphatic rings. The molecule has 0 bridgehead atoms. The molecule has 0 heterocycles. The van der Waals surface area contributed by atoms with Crippen LogP contribution >= 0.6 is 12.2 Å². The molecule has 0 fully saturated rings. The average molecular weight is 374 g/mol. The van der Waals surface area contributed by atoms with Crippen molar-refractivity contribution in [2.75, 3.05) is 7.11 Å². The van der Waals surface area contributed by atoms with Gasteiger partial charge in [-0.05, 0) is 42.0 Å². The van der Waals surface area contributed by atoms with Crippen LogP contribution in [0.3, 0.4) is 0 Å². The van der Waals surface area contributed by atoms with Crippen LogP contribution in [0, 0.1) is 10.1 Å². The van der Waals surface area contributed by atoms with Crippen molar-refractivity contribution in [1.29, 1.82) is 0 Å². The summed E-state index contributed by atoms with van der Waals surface area (Å²) in [5.74, 6) is -0.310. The molecule has 9 nitrogen and oxygen atoms in total. The van der Waals surface area contributed by atoms with E-state index >= 15 is 0 Å². The molecule has 134 valence electrons. The molecule has 26 heavy (non-hydrogen) atoms. The van der Waals surface area contributed by atoms with Crippen LogP contribution in [-0.4, -0.2) is 29.3 Å². The van der Waals surface area contributed by atoms with Crippen LogP contribution in [0.5, 0.6) is 11.5 Å². The van der Waals surface area contributed by atoms with E-state index in [4.69, 9.17) is 15.2 Å². The van der Waals surface area contributed by atoms with Crippen molar-refractivity contribution in [3.63, 3.8) is 0 Å². The monoisotopic (exact) mass is 374 g/mol. The predicted octanol–water partition coefficient (Wildman–Crippen LogP) is 1.99. The van der Waals surface area contributed by atoms with E-state index in [1.807, 2.05) is 0 Å². The molecule has 0 unspecified atom stereocenters. The van der Waals surface area contributed by atoms with Crippen molar-refractivity contribution in [2.45, 2.75) is 0 Å². The van der Waals surface area contributed by atoms with Crippen LogP contribution in [0.1, 0.15) is 15.9 Å². The highest BCUT2D eigenvalue weighted by Crippen LogP contribution is 2.28. The van der Waals surface area contributed by atoms with Crippen molar-refractivity contribution >= 4 is 35.2 Å². The highest BCUT2D eigenvalue weighted by Gasteiger charge is 2.15. The van der Waals surface area contributed by atoms with E-state index in [1.165, 1.54) is 37.6 Å². The van der Waals surface area contributed by atoms with Crippen LogP contribution < -0.4 is 20.6 Å². The molecule has 2 rings (SSSR count). The topological polar surface area (TPSA) is 129 Å². The van der Waals surface area contributed by atoms with Crippen LogP contribution in [0.25, 0.3) is 0 Å². The lowest BCUT2D eigenvalue weighted by molar-refractivity contribution is -0.384. The molecule has 0 amide bonds. The van der Waals surface area contributed by atoms with Gasteiger partial charge in [0.05, 0.1) is 23.8 Å². The molecule has 0 aromatic heterocycles. The van der Waals surface area contributed by atoms with Crippen molar-refractivity contribution in [2.24, 2.45) is 10.8 Å². The smallest absolute Gasteiger partial charge is 0.343 e. The van der Waals surface area contributed by atoms with Crippen molar-refractivity contribution < 1.29 is 19.2 Å². The second-order valence-electron chi connectivity index (χ2n) is 4.84. The lowest BCUT2D eigenvalue weighted by atomic mass is 10.2. The molecule has 0 saturated carbocycles. The summed E-state index contributed by atoms with van der Waals surface area (Å²) in [4.78, 5) is 22.4. The van der Waals surface area contributed by atoms with Crippen LogP contribution in [0.2, 0.25) is 0 Å². The first-order chi connectivity index (χ1) is 12.4. The Kier molecular flexibility index (Phi) is 6.17. The summed E-state index contributed by atoms with van der Waals surface area (Å²) in [6.45, 7) is 0. The zero-order valence-corrected chi connectivity index (χ0v) is 14.4. The summed E-state index contributed by atoms with van der Waals surface area (Å²) in [6, 6.07) is 9.97. The zero-order chi connectivity index (χ0) is 19.1. The number of non-ortho nitro benzene ring substituents is 1. The van der Waals surface area contributed by atoms with Gasteiger partial charge in [0.1, 0.15) is 0 Å². The van der Waals surface area contributed by atoms with Gasteiger partial charge in [0, 0.05) is 12.1 Å². The largest absolute Gasteiger partial charge is 0.493 e. The summed E-state index contributed by atoms with van der Waals surface area (Å²) in [5.41, 5.74) is 8.15. The SMILES string of the molecule is COc1cc(C=NNC(N)=S)ccc1OC(=O)c1cccc([N+](=O)[O-])c1. The molecule has 0 atom stereocenters. The Bertz CT molecular complexity index is 885. The summed E-state index contributed by atoms with van der Waals surface area (Å²) < 4.78 is 10.5. The Morgan fingerprint density at radius 2 is 2.08 bits per heavy atom. The number of esters is 1. The maximum Gasteiger partial charge on any atom is 0.343 e. The standard InChI is InChI=1S/C16H14N4O5S/c1-24-14-7-10(9-18-19-16(17)26)5-6-13(14)25-15(21)11-3-2-4-12(8-11)20(22)23/h2-9H,1H3,(H3,17,19,26). The van der Waals surface area contributed by atoms with Crippen LogP contribution in [0.4, 0.5) is 5.69 Å². The Balaban J connectivity index is 2.19. The number of benzene rings is 2. The van der Waals surface area contributed by atoms with Crippen LogP contribution in [-0.2, 0) is 0 Å². The molecule has 0 radical (unpaired) electrons. The molecule has 3 N–H and O–H groups in total. The summed E-state index contributed by atoms with van der Waals surface area (Å²) in [7, 11) is 1.41. The molecule has 10 heteroatoms. The van der Waals surface area contributed by atoms with Crippen molar-refractivity contribution in [3.8, 4) is 11.5 Å². The number of hydrazone groups is 1. The average Bonchev–Trinajstić information content (AvgIpc) is 2.62. The number of hydrogen-bond donors (Lipinski definition) is 2. The quantitative estimate of drug-likeness (QED) is 0.196. The molecule has 2 aromatic carbocycles. The predicted molar refractivity (Wildman–Crippen MR) is 98.6 cm³/mol. The minimum absolute atomic E-state index is 0.0238. The number of hydrogen-bond acceptors (Lipinski definition) is 7. The van der Waals surface area contributed by atoms with Gasteiger partial charge in [-0.15, -0.1) is 0 Å². The number of methoxy groups -OCH3 is 1. The number of carbonyl (C=O) groups is 1. The fourth-order valence-corrected chi connectivity index (χ4v) is 1.98. The first kappa shape index (κ1) is 18.8. The van der Waals surface area contributed by atoms with Gasteiger partial charge in [0.15, 0.2) is 16.6 Å². The van der Waals surface area contributed by atoms with Gasteiger partial charge in [-0.2, -0.15) is 5.10 Å². The Hall–Kier alpha value is -3.53. The Labute approximate surface area is 153 Å². The third-order valence-electron chi connectivity index (χ3n) is 3.07. The van der Waals surface area contributed by atoms with E-state index in [0.29, 0.717) is 5.56 Å². The number of carbonyl (C=O) groups excluding carboxylic acids is 1. The minimum Gasteiger partial charge on any atom is -0.493 e. The van der Waals surface area contributed by atoms with E-state index in [9.17, 15) is 14.9 Å². The number of nitrogens with zero attached hydrogens (tertiary/aromatic N) is 2. The fourth-order valence-electron chi connectivity index (χ4n) is 1.92. The first-order valence-corrected chi connectivity index (χ1v) is 7.54. The maximum absolute atomic E-state index is 12.2. The molecule has 0 saturated heterocycles. The van der Waals surface area contributed by atoms with Gasteiger partial charge in [-0.25, -0.2) is 4.79 Å². The fraction of sp³-hybridized carbons (Fsp3) is 0.0625. The van der Waals surface area contributed by atoms with Gasteiger partial charge in [0.25, 0.3) is 5.69 Å². The van der Waals surface area contributed by atoms with E-state index in [1.54, 1.807) is 12.1 Å². The second kappa shape index (κ2) is 8.53. The summed E-state index contributed by atoms with van der Waals surface area (Å²) >= 11 is 4.63. The summed E-state index contributed by atoms with van der Waals surface area (Å²) in [5, 5.41) is 14.6. The Morgan fingerprint density at radius 1 is 1.31 bits per heavy atom. The van der Waals surface area contributed by atoms with E-state index < -0.39 is 10.9 Å². The highest BCUT2D eigenvalue weighted by molar-refractivity contribution is 7.80. The third-order valence-corrected chi connectivity index (χ3v) is 3.16. The second-order valence-corrected chi connectivity index (χ2v) is 5.28. The van der Waals surface area contributed by atoms with Gasteiger partial charge < -0.3 is 15.2 Å². The number of rotatable bonds is 6. The number of nitro benzene ring substituents is 1. The van der Waals surface area contributed by atoms with Gasteiger partial charge in [0.2, 0.25) is 0 Å². The van der Waals surface area contributed by atoms with Crippen molar-refractivity contribution in [1.82, 2.24) is 5.43 Å². The number of ether oxygens (including phenoxy) is 2. The lowest BCUT2D eigenvalue weighted by Crippen LogP contribution is -2.23. The first-order valence-electron chi connectivity index (χ1n) is 7.14. The van der Waals surface area contributed by atoms with E-state index in [2.05, 4.69) is 22.7 Å². The zero-order valence-electron chi connectivity index (χ0n) is 13.5. The number of thiocarbonyl (C=S) groups is 1. The number of nitrogens with two attached hydrogens (primary N) is 1.